The van der Waals surface area contributed by atoms with E-state index in [0.717, 1.165) is 52.9 Å². The van der Waals surface area contributed by atoms with E-state index in [2.05, 4.69) is 29.0 Å². The number of rotatable bonds is 9. The molecule has 2 N–H and O–H groups in total. The fourth-order valence-corrected chi connectivity index (χ4v) is 3.27. The number of ether oxygens (including phenoxy) is 1. The molecule has 1 aromatic carbocycles. The molecule has 0 amide bonds. The first kappa shape index (κ1) is 21.9. The molecule has 0 fully saturated rings. The third-order valence-corrected chi connectivity index (χ3v) is 4.95. The Hall–Kier alpha value is -2.77. The summed E-state index contributed by atoms with van der Waals surface area (Å²) in [7, 11) is 0. The molecule has 0 aliphatic carbocycles. The van der Waals surface area contributed by atoms with Crippen molar-refractivity contribution < 1.29 is 19.5 Å². The largest absolute Gasteiger partial charge is 0.490 e. The van der Waals surface area contributed by atoms with Crippen molar-refractivity contribution in [3.05, 3.63) is 46.8 Å². The zero-order valence-electron chi connectivity index (χ0n) is 18.0. The van der Waals surface area contributed by atoms with Crippen molar-refractivity contribution in [2.24, 2.45) is 0 Å². The van der Waals surface area contributed by atoms with E-state index in [4.69, 9.17) is 14.4 Å². The van der Waals surface area contributed by atoms with Gasteiger partial charge in [-0.3, -0.25) is 4.98 Å². The highest BCUT2D eigenvalue weighted by atomic mass is 16.5. The molecular weight excluding hydrogens is 382 g/mol. The molecule has 30 heavy (non-hydrogen) atoms. The van der Waals surface area contributed by atoms with E-state index >= 15 is 0 Å². The monoisotopic (exact) mass is 411 g/mol. The highest BCUT2D eigenvalue weighted by Gasteiger charge is 2.16. The van der Waals surface area contributed by atoms with E-state index in [0.29, 0.717) is 17.5 Å². The van der Waals surface area contributed by atoms with Crippen LogP contribution < -0.4 is 4.74 Å². The topological polar surface area (TPSA) is 102 Å². The maximum atomic E-state index is 9.58. The summed E-state index contributed by atoms with van der Waals surface area (Å²) < 4.78 is 11.3. The normalized spacial score (nSPS) is 12.2. The average Bonchev–Trinajstić information content (AvgIpc) is 3.27. The van der Waals surface area contributed by atoms with Gasteiger partial charge in [-0.25, -0.2) is 0 Å². The van der Waals surface area contributed by atoms with Crippen LogP contribution in [0.3, 0.4) is 0 Å². The van der Waals surface area contributed by atoms with Gasteiger partial charge in [0.05, 0.1) is 6.61 Å². The maximum absolute atomic E-state index is 9.58. The molecule has 2 aromatic heterocycles. The van der Waals surface area contributed by atoms with Gasteiger partial charge < -0.3 is 19.5 Å². The molecule has 0 saturated carbocycles. The van der Waals surface area contributed by atoms with Gasteiger partial charge in [-0.2, -0.15) is 4.98 Å². The number of pyridine rings is 1. The highest BCUT2D eigenvalue weighted by molar-refractivity contribution is 5.64. The van der Waals surface area contributed by atoms with Crippen LogP contribution in [0.2, 0.25) is 0 Å². The summed E-state index contributed by atoms with van der Waals surface area (Å²) in [5, 5.41) is 22.8. The van der Waals surface area contributed by atoms with E-state index in [1.165, 1.54) is 0 Å². The number of aryl methyl sites for hydroxylation is 4. The summed E-state index contributed by atoms with van der Waals surface area (Å²) in [4.78, 5) is 9.22. The van der Waals surface area contributed by atoms with Crippen LogP contribution in [0.1, 0.15) is 43.3 Å². The predicted octanol–water partition coefficient (Wildman–Crippen LogP) is 3.53. The van der Waals surface area contributed by atoms with E-state index in [-0.39, 0.29) is 13.2 Å². The van der Waals surface area contributed by atoms with Gasteiger partial charge in [-0.1, -0.05) is 25.9 Å². The van der Waals surface area contributed by atoms with Gasteiger partial charge in [0, 0.05) is 22.5 Å². The molecule has 0 radical (unpaired) electrons. The summed E-state index contributed by atoms with van der Waals surface area (Å²) in [5.41, 5.74) is 5.61. The Morgan fingerprint density at radius 3 is 2.27 bits per heavy atom. The highest BCUT2D eigenvalue weighted by Crippen LogP contribution is 2.31. The minimum atomic E-state index is -0.907. The fraction of sp³-hybridized carbons (Fsp3) is 0.435. The second kappa shape index (κ2) is 9.82. The Bertz CT molecular complexity index is 978. The van der Waals surface area contributed by atoms with Crippen LogP contribution in [-0.2, 0) is 19.3 Å². The lowest BCUT2D eigenvalue weighted by Gasteiger charge is -2.16. The fourth-order valence-electron chi connectivity index (χ4n) is 3.27. The predicted molar refractivity (Wildman–Crippen MR) is 114 cm³/mol. The summed E-state index contributed by atoms with van der Waals surface area (Å²) in [6, 6.07) is 7.89. The van der Waals surface area contributed by atoms with Crippen LogP contribution in [-0.4, -0.2) is 44.7 Å². The minimum absolute atomic E-state index is 0.0393. The van der Waals surface area contributed by atoms with Crippen molar-refractivity contribution in [2.75, 3.05) is 13.2 Å². The van der Waals surface area contributed by atoms with Gasteiger partial charge in [0.1, 0.15) is 18.5 Å². The number of aliphatic hydroxyl groups excluding tert-OH is 2. The number of benzene rings is 1. The molecule has 3 aromatic rings. The Morgan fingerprint density at radius 1 is 0.967 bits per heavy atom. The number of aromatic nitrogens is 3. The van der Waals surface area contributed by atoms with Crippen LogP contribution >= 0.6 is 0 Å². The second-order valence-corrected chi connectivity index (χ2v) is 7.25. The molecule has 0 aliphatic heterocycles. The molecule has 160 valence electrons. The molecule has 0 unspecified atom stereocenters. The molecule has 0 aliphatic rings. The maximum Gasteiger partial charge on any atom is 0.258 e. The molecule has 7 nitrogen and oxygen atoms in total. The van der Waals surface area contributed by atoms with Gasteiger partial charge in [0.2, 0.25) is 5.82 Å². The molecule has 1 atom stereocenters. The first-order valence-electron chi connectivity index (χ1n) is 10.4. The third kappa shape index (κ3) is 4.86. The average molecular weight is 412 g/mol. The van der Waals surface area contributed by atoms with E-state index in [1.54, 1.807) is 0 Å². The lowest BCUT2D eigenvalue weighted by Crippen LogP contribution is -2.22. The number of nitrogens with zero attached hydrogens (tertiary/aromatic N) is 3. The summed E-state index contributed by atoms with van der Waals surface area (Å²) in [6.45, 7) is 7.82. The van der Waals surface area contributed by atoms with E-state index in [1.807, 2.05) is 38.1 Å². The number of aliphatic hydroxyl groups is 2. The zero-order chi connectivity index (χ0) is 21.7. The zero-order valence-corrected chi connectivity index (χ0v) is 18.0. The van der Waals surface area contributed by atoms with Gasteiger partial charge in [0.15, 0.2) is 0 Å². The molecule has 0 spiro atoms. The number of hydrogen-bond acceptors (Lipinski definition) is 7. The molecular formula is C23H29N3O4. The number of hydrogen-bond donors (Lipinski definition) is 2. The van der Waals surface area contributed by atoms with Crippen LogP contribution in [0.15, 0.2) is 28.8 Å². The molecule has 0 bridgehead atoms. The summed E-state index contributed by atoms with van der Waals surface area (Å²) in [6.07, 6.45) is 1.52. The van der Waals surface area contributed by atoms with Crippen molar-refractivity contribution in [3.8, 4) is 28.6 Å². The molecule has 2 heterocycles. The Labute approximate surface area is 176 Å². The van der Waals surface area contributed by atoms with Gasteiger partial charge in [-0.15, -0.1) is 0 Å². The van der Waals surface area contributed by atoms with Crippen LogP contribution in [0.5, 0.6) is 5.75 Å². The van der Waals surface area contributed by atoms with Crippen molar-refractivity contribution in [2.45, 2.75) is 53.1 Å². The second-order valence-electron chi connectivity index (χ2n) is 7.25. The first-order valence-corrected chi connectivity index (χ1v) is 10.4. The quantitative estimate of drug-likeness (QED) is 0.555. The van der Waals surface area contributed by atoms with Crippen LogP contribution in [0.25, 0.3) is 22.8 Å². The van der Waals surface area contributed by atoms with Crippen molar-refractivity contribution >= 4 is 0 Å². The van der Waals surface area contributed by atoms with Crippen LogP contribution in [0.4, 0.5) is 0 Å². The van der Waals surface area contributed by atoms with Crippen molar-refractivity contribution in [1.82, 2.24) is 15.1 Å². The summed E-state index contributed by atoms with van der Waals surface area (Å²) in [5.74, 6) is 1.70. The van der Waals surface area contributed by atoms with Crippen molar-refractivity contribution in [3.63, 3.8) is 0 Å². The lowest BCUT2D eigenvalue weighted by molar-refractivity contribution is 0.0531. The molecule has 3 rings (SSSR count). The Morgan fingerprint density at radius 2 is 1.67 bits per heavy atom. The van der Waals surface area contributed by atoms with Gasteiger partial charge in [0.25, 0.3) is 5.89 Å². The standard InChI is InChI=1S/C23H29N3O4/c1-5-15-9-16(8-14(4)21(15)29-13-20(28)12-27)22-25-23(30-26-22)17-10-18(6-2)24-19(7-3)11-17/h8-11,20,27-28H,5-7,12-13H2,1-4H3/t20-/m1/s1. The van der Waals surface area contributed by atoms with Crippen molar-refractivity contribution in [1.29, 1.82) is 0 Å². The van der Waals surface area contributed by atoms with E-state index in [9.17, 15) is 5.11 Å². The third-order valence-electron chi connectivity index (χ3n) is 4.95. The summed E-state index contributed by atoms with van der Waals surface area (Å²) >= 11 is 0. The Balaban J connectivity index is 1.92. The lowest BCUT2D eigenvalue weighted by atomic mass is 10.0. The first-order chi connectivity index (χ1) is 14.5. The Kier molecular flexibility index (Phi) is 7.18. The van der Waals surface area contributed by atoms with E-state index < -0.39 is 6.10 Å². The van der Waals surface area contributed by atoms with Crippen LogP contribution in [0, 0.1) is 6.92 Å². The smallest absolute Gasteiger partial charge is 0.258 e. The van der Waals surface area contributed by atoms with Gasteiger partial charge in [-0.05, 0) is 61.6 Å². The van der Waals surface area contributed by atoms with Gasteiger partial charge >= 0.3 is 0 Å². The molecule has 0 saturated heterocycles. The minimum Gasteiger partial charge on any atom is -0.490 e. The SMILES string of the molecule is CCc1cc(-c2nc(-c3cc(C)c(OC[C@H](O)CO)c(CC)c3)no2)cc(CC)n1. The molecule has 7 heteroatoms.